The van der Waals surface area contributed by atoms with Crippen LogP contribution in [0.15, 0.2) is 0 Å². The van der Waals surface area contributed by atoms with Crippen molar-refractivity contribution in [3.8, 4) is 0 Å². The Morgan fingerprint density at radius 3 is 2.60 bits per heavy atom. The molecule has 10 heavy (non-hydrogen) atoms. The lowest BCUT2D eigenvalue weighted by Gasteiger charge is -2.14. The van der Waals surface area contributed by atoms with Gasteiger partial charge >= 0.3 is 0 Å². The van der Waals surface area contributed by atoms with E-state index in [0.717, 1.165) is 13.0 Å². The summed E-state index contributed by atoms with van der Waals surface area (Å²) in [4.78, 5) is -0.415. The fraction of sp³-hybridized carbons (Fsp3) is 1.00. The van der Waals surface area contributed by atoms with Gasteiger partial charge in [0.05, 0.1) is 18.8 Å². The molecule has 1 fully saturated rings. The number of hydrogen-bond donors (Lipinski definition) is 0. The first kappa shape index (κ1) is 8.81. The van der Waals surface area contributed by atoms with Gasteiger partial charge in [-0.3, -0.25) is 0 Å². The average Bonchev–Trinajstić information content (AvgIpc) is 2.64. The van der Waals surface area contributed by atoms with Gasteiger partial charge in [-0.1, -0.05) is 0 Å². The number of hydrogen-bond acceptors (Lipinski definition) is 2. The molecular formula is C5H10Cl2O2Si. The summed E-state index contributed by atoms with van der Waals surface area (Å²) in [7, 11) is 0.679. The van der Waals surface area contributed by atoms with Crippen LogP contribution in [-0.2, 0) is 9.16 Å². The molecule has 2 unspecified atom stereocenters. The first-order chi connectivity index (χ1) is 4.74. The quantitative estimate of drug-likeness (QED) is 0.369. The number of rotatable bonds is 4. The van der Waals surface area contributed by atoms with E-state index >= 15 is 0 Å². The van der Waals surface area contributed by atoms with Crippen LogP contribution in [0.2, 0.25) is 0 Å². The van der Waals surface area contributed by atoms with Crippen LogP contribution in [0.5, 0.6) is 0 Å². The summed E-state index contributed by atoms with van der Waals surface area (Å²) in [5.41, 5.74) is 0. The Morgan fingerprint density at radius 2 is 2.30 bits per heavy atom. The molecule has 1 saturated heterocycles. The summed E-state index contributed by atoms with van der Waals surface area (Å²) in [6.07, 6.45) is 1.16. The van der Waals surface area contributed by atoms with Gasteiger partial charge in [0, 0.05) is 6.42 Å². The van der Waals surface area contributed by atoms with Gasteiger partial charge < -0.3 is 9.16 Å². The Balaban J connectivity index is 2.17. The molecule has 1 aliphatic heterocycles. The number of epoxide rings is 1. The van der Waals surface area contributed by atoms with E-state index in [2.05, 4.69) is 0 Å². The summed E-state index contributed by atoms with van der Waals surface area (Å²) in [5, 5.41) is 0. The minimum absolute atomic E-state index is 0.0255. The van der Waals surface area contributed by atoms with Gasteiger partial charge in [-0.15, -0.1) is 23.2 Å². The highest BCUT2D eigenvalue weighted by Crippen LogP contribution is 2.22. The number of alkyl halides is 2. The van der Waals surface area contributed by atoms with Crippen molar-refractivity contribution in [3.63, 3.8) is 0 Å². The second kappa shape index (κ2) is 3.92. The van der Waals surface area contributed by atoms with Crippen LogP contribution in [0.3, 0.4) is 0 Å². The lowest BCUT2D eigenvalue weighted by Crippen LogP contribution is -2.21. The van der Waals surface area contributed by atoms with Crippen LogP contribution < -0.4 is 0 Å². The van der Waals surface area contributed by atoms with Crippen LogP contribution in [0.25, 0.3) is 0 Å². The molecule has 5 heteroatoms. The predicted molar refractivity (Wildman–Crippen MR) is 44.7 cm³/mol. The van der Waals surface area contributed by atoms with Crippen molar-refractivity contribution >= 4 is 33.7 Å². The molecule has 2 nitrogen and oxygen atoms in total. The fourth-order valence-corrected chi connectivity index (χ4v) is 1.99. The topological polar surface area (TPSA) is 21.8 Å². The maximum absolute atomic E-state index is 5.62. The van der Waals surface area contributed by atoms with Gasteiger partial charge in [0.2, 0.25) is 0 Å². The molecule has 0 spiro atoms. The highest BCUT2D eigenvalue weighted by molar-refractivity contribution is 6.44. The highest BCUT2D eigenvalue weighted by Gasteiger charge is 2.29. The molecule has 0 bridgehead atoms. The smallest absolute Gasteiger partial charge is 0.146 e. The van der Waals surface area contributed by atoms with E-state index in [0.29, 0.717) is 16.6 Å². The van der Waals surface area contributed by atoms with Crippen molar-refractivity contribution in [2.24, 2.45) is 0 Å². The van der Waals surface area contributed by atoms with Gasteiger partial charge in [-0.25, -0.2) is 0 Å². The third kappa shape index (κ3) is 2.76. The Labute approximate surface area is 73.3 Å². The summed E-state index contributed by atoms with van der Waals surface area (Å²) in [6, 6.07) is 0. The molecule has 0 aliphatic carbocycles. The summed E-state index contributed by atoms with van der Waals surface area (Å²) in [6.45, 7) is 0.835. The van der Waals surface area contributed by atoms with Crippen molar-refractivity contribution in [2.75, 3.05) is 6.61 Å². The number of ether oxygens (including phenoxy) is 1. The van der Waals surface area contributed by atoms with Gasteiger partial charge in [-0.05, 0) is 0 Å². The lowest BCUT2D eigenvalue weighted by atomic mass is 10.2. The summed E-state index contributed by atoms with van der Waals surface area (Å²) < 4.78 is 10.2. The summed E-state index contributed by atoms with van der Waals surface area (Å²) in [5.74, 6) is 0. The monoisotopic (exact) mass is 200 g/mol. The van der Waals surface area contributed by atoms with Crippen LogP contribution in [0, 0.1) is 0 Å². The molecule has 0 radical (unpaired) electrons. The predicted octanol–water partition coefficient (Wildman–Crippen LogP) is 0.245. The zero-order chi connectivity index (χ0) is 7.56. The van der Waals surface area contributed by atoms with Crippen molar-refractivity contribution in [3.05, 3.63) is 0 Å². The number of halogens is 2. The van der Waals surface area contributed by atoms with E-state index < -0.39 is 4.84 Å². The van der Waals surface area contributed by atoms with Gasteiger partial charge in [-0.2, -0.15) is 0 Å². The van der Waals surface area contributed by atoms with Crippen molar-refractivity contribution in [1.82, 2.24) is 0 Å². The molecule has 0 aromatic carbocycles. The van der Waals surface area contributed by atoms with Crippen LogP contribution in [-0.4, -0.2) is 34.1 Å². The van der Waals surface area contributed by atoms with E-state index in [1.54, 1.807) is 0 Å². The molecule has 0 aromatic heterocycles. The maximum atomic E-state index is 5.62. The maximum Gasteiger partial charge on any atom is 0.146 e. The SMILES string of the molecule is [SiH3]OC(CC1CO1)C(Cl)Cl. The summed E-state index contributed by atoms with van der Waals surface area (Å²) >= 11 is 11.2. The van der Waals surface area contributed by atoms with E-state index in [9.17, 15) is 0 Å². The normalized spacial score (nSPS) is 27.3. The highest BCUT2D eigenvalue weighted by atomic mass is 35.5. The molecule has 1 rings (SSSR count). The van der Waals surface area contributed by atoms with E-state index in [4.69, 9.17) is 32.4 Å². The largest absolute Gasteiger partial charge is 0.422 e. The van der Waals surface area contributed by atoms with Crippen LogP contribution in [0.1, 0.15) is 6.42 Å². The molecule has 0 aromatic rings. The Hall–Kier alpha value is 0.717. The minimum Gasteiger partial charge on any atom is -0.422 e. The second-order valence-corrected chi connectivity index (χ2v) is 3.93. The Morgan fingerprint density at radius 1 is 1.70 bits per heavy atom. The first-order valence-corrected chi connectivity index (χ1v) is 4.85. The minimum atomic E-state index is -0.415. The van der Waals surface area contributed by atoms with Gasteiger partial charge in [0.15, 0.2) is 0 Å². The fourth-order valence-electron chi connectivity index (χ4n) is 0.765. The van der Waals surface area contributed by atoms with Crippen molar-refractivity contribution in [1.29, 1.82) is 0 Å². The van der Waals surface area contributed by atoms with Crippen molar-refractivity contribution < 1.29 is 9.16 Å². The molecular weight excluding hydrogens is 191 g/mol. The molecule has 60 valence electrons. The molecule has 2 atom stereocenters. The standard InChI is InChI=1S/C5H10Cl2O2Si/c6-5(7)4(9-10)1-3-2-8-3/h3-5H,1-2H2,10H3. The van der Waals surface area contributed by atoms with E-state index in [1.165, 1.54) is 0 Å². The zero-order valence-electron chi connectivity index (χ0n) is 5.72. The second-order valence-electron chi connectivity index (χ2n) is 2.30. The molecule has 0 saturated carbocycles. The first-order valence-electron chi connectivity index (χ1n) is 3.16. The van der Waals surface area contributed by atoms with Gasteiger partial charge in [0.25, 0.3) is 0 Å². The van der Waals surface area contributed by atoms with E-state index in [-0.39, 0.29) is 6.10 Å². The molecule has 1 aliphatic rings. The third-order valence-corrected chi connectivity index (χ3v) is 2.65. The Kier molecular flexibility index (Phi) is 3.46. The van der Waals surface area contributed by atoms with Crippen molar-refractivity contribution in [2.45, 2.75) is 23.5 Å². The Bertz CT molecular complexity index is 108. The molecule has 0 N–H and O–H groups in total. The molecule has 0 amide bonds. The van der Waals surface area contributed by atoms with Crippen LogP contribution >= 0.6 is 23.2 Å². The van der Waals surface area contributed by atoms with Crippen LogP contribution in [0.4, 0.5) is 0 Å². The average molecular weight is 201 g/mol. The lowest BCUT2D eigenvalue weighted by molar-refractivity contribution is 0.206. The van der Waals surface area contributed by atoms with E-state index in [1.807, 2.05) is 0 Å². The van der Waals surface area contributed by atoms with Gasteiger partial charge in [0.1, 0.15) is 15.3 Å². The third-order valence-electron chi connectivity index (χ3n) is 1.48. The zero-order valence-corrected chi connectivity index (χ0v) is 9.23. The molecule has 1 heterocycles.